The van der Waals surface area contributed by atoms with E-state index in [9.17, 15) is 4.79 Å². The number of carbonyl (C=O) groups excluding carboxylic acids is 1. The van der Waals surface area contributed by atoms with Gasteiger partial charge in [-0.1, -0.05) is 6.92 Å². The molecular weight excluding hydrogens is 304 g/mol. The van der Waals surface area contributed by atoms with Gasteiger partial charge in [0.05, 0.1) is 12.7 Å². The Morgan fingerprint density at radius 3 is 2.57 bits per heavy atom. The first-order valence-electron chi connectivity index (χ1n) is 7.18. The van der Waals surface area contributed by atoms with Gasteiger partial charge in [-0.2, -0.15) is 0 Å². The number of esters is 1. The van der Waals surface area contributed by atoms with Gasteiger partial charge in [-0.25, -0.2) is 4.79 Å². The highest BCUT2D eigenvalue weighted by molar-refractivity contribution is 7.80. The largest absolute Gasteiger partial charge is 0.465 e. The summed E-state index contributed by atoms with van der Waals surface area (Å²) in [7, 11) is 1.41. The molecule has 1 fully saturated rings. The van der Waals surface area contributed by atoms with E-state index in [0.29, 0.717) is 10.7 Å². The number of thiophene rings is 1. The number of rotatable bonds is 2. The van der Waals surface area contributed by atoms with Crippen LogP contribution in [0.2, 0.25) is 0 Å². The fraction of sp³-hybridized carbons (Fsp3) is 0.600. The van der Waals surface area contributed by atoms with Gasteiger partial charge in [0.2, 0.25) is 0 Å². The van der Waals surface area contributed by atoms with Crippen molar-refractivity contribution in [2.24, 2.45) is 5.92 Å². The number of carbonyl (C=O) groups is 1. The maximum absolute atomic E-state index is 12.0. The summed E-state index contributed by atoms with van der Waals surface area (Å²) in [5.41, 5.74) is 1.57. The van der Waals surface area contributed by atoms with Gasteiger partial charge in [0.25, 0.3) is 0 Å². The molecule has 0 aromatic carbocycles. The monoisotopic (exact) mass is 326 g/mol. The molecule has 1 aromatic rings. The average molecular weight is 326 g/mol. The topological polar surface area (TPSA) is 41.6 Å². The lowest BCUT2D eigenvalue weighted by Gasteiger charge is -2.32. The first-order chi connectivity index (χ1) is 9.93. The van der Waals surface area contributed by atoms with Crippen molar-refractivity contribution in [3.8, 4) is 0 Å². The lowest BCUT2D eigenvalue weighted by atomic mass is 10.00. The lowest BCUT2D eigenvalue weighted by Crippen LogP contribution is -2.40. The smallest absolute Gasteiger partial charge is 0.341 e. The van der Waals surface area contributed by atoms with Crippen molar-refractivity contribution in [2.45, 2.75) is 33.6 Å². The predicted octanol–water partition coefficient (Wildman–Crippen LogP) is 3.58. The van der Waals surface area contributed by atoms with Crippen molar-refractivity contribution in [1.82, 2.24) is 4.90 Å². The van der Waals surface area contributed by atoms with Gasteiger partial charge >= 0.3 is 5.97 Å². The SMILES string of the molecule is COC(=O)c1c(NC(=S)N2CCC(C)CC2)sc(C)c1C. The first kappa shape index (κ1) is 16.2. The summed E-state index contributed by atoms with van der Waals surface area (Å²) in [6, 6.07) is 0. The minimum Gasteiger partial charge on any atom is -0.465 e. The molecule has 0 aliphatic carbocycles. The molecule has 0 spiro atoms. The van der Waals surface area contributed by atoms with E-state index in [-0.39, 0.29) is 5.97 Å². The second-order valence-corrected chi connectivity index (χ2v) is 7.19. The summed E-state index contributed by atoms with van der Waals surface area (Å²) in [6.45, 7) is 8.17. The van der Waals surface area contributed by atoms with Gasteiger partial charge in [-0.15, -0.1) is 11.3 Å². The van der Waals surface area contributed by atoms with E-state index in [2.05, 4.69) is 17.1 Å². The van der Waals surface area contributed by atoms with E-state index in [4.69, 9.17) is 17.0 Å². The molecule has 1 aliphatic heterocycles. The highest BCUT2D eigenvalue weighted by atomic mass is 32.1. The summed E-state index contributed by atoms with van der Waals surface area (Å²) in [5.74, 6) is 0.454. The molecule has 1 N–H and O–H groups in total. The number of anilines is 1. The number of likely N-dealkylation sites (tertiary alicyclic amines) is 1. The summed E-state index contributed by atoms with van der Waals surface area (Å²) in [4.78, 5) is 15.2. The van der Waals surface area contributed by atoms with Crippen LogP contribution in [0.1, 0.15) is 40.6 Å². The molecule has 0 radical (unpaired) electrons. The van der Waals surface area contributed by atoms with Crippen LogP contribution in [0.4, 0.5) is 5.00 Å². The Morgan fingerprint density at radius 2 is 2.00 bits per heavy atom. The number of thiocarbonyl (C=S) groups is 1. The molecule has 1 saturated heterocycles. The molecular formula is C15H22N2O2S2. The normalized spacial score (nSPS) is 15.9. The Hall–Kier alpha value is -1.14. The maximum atomic E-state index is 12.0. The predicted molar refractivity (Wildman–Crippen MR) is 91.3 cm³/mol. The molecule has 0 atom stereocenters. The molecule has 2 heterocycles. The Bertz CT molecular complexity index is 546. The zero-order valence-corrected chi connectivity index (χ0v) is 14.6. The first-order valence-corrected chi connectivity index (χ1v) is 8.40. The molecule has 1 aliphatic rings. The number of piperidine rings is 1. The highest BCUT2D eigenvalue weighted by Crippen LogP contribution is 2.33. The maximum Gasteiger partial charge on any atom is 0.341 e. The molecule has 0 bridgehead atoms. The van der Waals surface area contributed by atoms with Crippen LogP contribution in [0.15, 0.2) is 0 Å². The molecule has 2 rings (SSSR count). The summed E-state index contributed by atoms with van der Waals surface area (Å²) in [5, 5.41) is 4.74. The minimum atomic E-state index is -0.311. The van der Waals surface area contributed by atoms with Crippen LogP contribution in [0.25, 0.3) is 0 Å². The van der Waals surface area contributed by atoms with Gasteiger partial charge in [0.15, 0.2) is 5.11 Å². The van der Waals surface area contributed by atoms with E-state index in [1.165, 1.54) is 7.11 Å². The zero-order chi connectivity index (χ0) is 15.6. The van der Waals surface area contributed by atoms with Crippen molar-refractivity contribution in [1.29, 1.82) is 0 Å². The third-order valence-electron chi connectivity index (χ3n) is 4.07. The van der Waals surface area contributed by atoms with Crippen LogP contribution >= 0.6 is 23.6 Å². The summed E-state index contributed by atoms with van der Waals surface area (Å²) < 4.78 is 4.88. The van der Waals surface area contributed by atoms with Gasteiger partial charge < -0.3 is 15.0 Å². The Labute approximate surface area is 135 Å². The van der Waals surface area contributed by atoms with Crippen molar-refractivity contribution in [2.75, 3.05) is 25.5 Å². The van der Waals surface area contributed by atoms with Crippen LogP contribution in [0.3, 0.4) is 0 Å². The summed E-state index contributed by atoms with van der Waals surface area (Å²) >= 11 is 7.05. The molecule has 0 amide bonds. The van der Waals surface area contributed by atoms with Crippen LogP contribution in [-0.4, -0.2) is 36.2 Å². The quantitative estimate of drug-likeness (QED) is 0.664. The highest BCUT2D eigenvalue weighted by Gasteiger charge is 2.23. The molecule has 0 saturated carbocycles. The standard InChI is InChI=1S/C15H22N2O2S2/c1-9-5-7-17(8-6-9)15(20)16-13-12(14(18)19-4)10(2)11(3)21-13/h9H,5-8H2,1-4H3,(H,16,20). The number of nitrogens with one attached hydrogen (secondary N) is 1. The van der Waals surface area contributed by atoms with E-state index in [1.54, 1.807) is 11.3 Å². The second kappa shape index (κ2) is 6.75. The van der Waals surface area contributed by atoms with Crippen LogP contribution in [-0.2, 0) is 4.74 Å². The molecule has 116 valence electrons. The summed E-state index contributed by atoms with van der Waals surface area (Å²) in [6.07, 6.45) is 2.32. The minimum absolute atomic E-state index is 0.311. The van der Waals surface area contributed by atoms with Crippen LogP contribution < -0.4 is 5.32 Å². The number of hydrogen-bond acceptors (Lipinski definition) is 4. The van der Waals surface area contributed by atoms with Crippen molar-refractivity contribution < 1.29 is 9.53 Å². The third kappa shape index (κ3) is 3.55. The number of hydrogen-bond donors (Lipinski definition) is 1. The fourth-order valence-corrected chi connectivity index (χ4v) is 3.85. The molecule has 4 nitrogen and oxygen atoms in total. The lowest BCUT2D eigenvalue weighted by molar-refractivity contribution is 0.0601. The van der Waals surface area contributed by atoms with Gasteiger partial charge in [0.1, 0.15) is 5.00 Å². The second-order valence-electron chi connectivity index (χ2n) is 5.58. The third-order valence-corrected chi connectivity index (χ3v) is 5.55. The van der Waals surface area contributed by atoms with E-state index < -0.39 is 0 Å². The van der Waals surface area contributed by atoms with Gasteiger partial charge in [-0.05, 0) is 50.4 Å². The fourth-order valence-electron chi connectivity index (χ4n) is 2.45. The number of ether oxygens (including phenoxy) is 1. The van der Waals surface area contributed by atoms with E-state index >= 15 is 0 Å². The molecule has 0 unspecified atom stereocenters. The average Bonchev–Trinajstić information content (AvgIpc) is 2.73. The molecule has 6 heteroatoms. The molecule has 21 heavy (non-hydrogen) atoms. The number of methoxy groups -OCH3 is 1. The van der Waals surface area contributed by atoms with Crippen LogP contribution in [0, 0.1) is 19.8 Å². The van der Waals surface area contributed by atoms with Gasteiger partial charge in [0, 0.05) is 18.0 Å². The van der Waals surface area contributed by atoms with Crippen molar-refractivity contribution in [3.63, 3.8) is 0 Å². The van der Waals surface area contributed by atoms with Crippen molar-refractivity contribution >= 4 is 39.6 Å². The molecule has 1 aromatic heterocycles. The Morgan fingerprint density at radius 1 is 1.38 bits per heavy atom. The number of nitrogens with zero attached hydrogens (tertiary/aromatic N) is 1. The van der Waals surface area contributed by atoms with E-state index in [0.717, 1.165) is 47.3 Å². The van der Waals surface area contributed by atoms with E-state index in [1.807, 2.05) is 13.8 Å². The van der Waals surface area contributed by atoms with Crippen molar-refractivity contribution in [3.05, 3.63) is 16.0 Å². The number of aryl methyl sites for hydroxylation is 1. The van der Waals surface area contributed by atoms with Gasteiger partial charge in [-0.3, -0.25) is 0 Å². The Kier molecular flexibility index (Phi) is 5.22. The van der Waals surface area contributed by atoms with Crippen LogP contribution in [0.5, 0.6) is 0 Å². The zero-order valence-electron chi connectivity index (χ0n) is 13.0. The Balaban J connectivity index is 2.14.